The van der Waals surface area contributed by atoms with Gasteiger partial charge in [0.25, 0.3) is 0 Å². The number of anilines is 1. The highest BCUT2D eigenvalue weighted by molar-refractivity contribution is 5.39. The summed E-state index contributed by atoms with van der Waals surface area (Å²) >= 11 is 0. The number of rotatable bonds is 6. The number of aromatic nitrogens is 2. The lowest BCUT2D eigenvalue weighted by Crippen LogP contribution is -2.07. The molecule has 1 N–H and O–H groups in total. The van der Waals surface area contributed by atoms with Gasteiger partial charge in [-0.05, 0) is 49.8 Å². The standard InChI is InChI=1S/C17H21N3O/c1-12-3-6-15(16(7-12)21-11-14-4-5-14)10-20-17-18-8-13(2)9-19-17/h3,6-9,14H,4-5,10-11H2,1-2H3,(H,18,19,20). The number of aryl methyl sites for hydroxylation is 2. The van der Waals surface area contributed by atoms with E-state index in [9.17, 15) is 0 Å². The molecular weight excluding hydrogens is 262 g/mol. The molecule has 1 aliphatic rings. The molecule has 2 aromatic rings. The Bertz CT molecular complexity index is 606. The van der Waals surface area contributed by atoms with Gasteiger partial charge in [0.15, 0.2) is 0 Å². The maximum atomic E-state index is 5.97. The van der Waals surface area contributed by atoms with E-state index in [2.05, 4.69) is 40.4 Å². The molecule has 0 spiro atoms. The van der Waals surface area contributed by atoms with Crippen molar-refractivity contribution in [1.82, 2.24) is 9.97 Å². The van der Waals surface area contributed by atoms with Gasteiger partial charge in [-0.2, -0.15) is 0 Å². The quantitative estimate of drug-likeness (QED) is 0.881. The van der Waals surface area contributed by atoms with E-state index >= 15 is 0 Å². The molecule has 0 radical (unpaired) electrons. The molecule has 3 rings (SSSR count). The fourth-order valence-electron chi connectivity index (χ4n) is 2.09. The van der Waals surface area contributed by atoms with Crippen LogP contribution in [-0.2, 0) is 6.54 Å². The number of hydrogen-bond acceptors (Lipinski definition) is 4. The van der Waals surface area contributed by atoms with Crippen LogP contribution >= 0.6 is 0 Å². The van der Waals surface area contributed by atoms with Crippen molar-refractivity contribution in [2.45, 2.75) is 33.2 Å². The predicted octanol–water partition coefficient (Wildman–Crippen LogP) is 3.49. The van der Waals surface area contributed by atoms with E-state index < -0.39 is 0 Å². The van der Waals surface area contributed by atoms with Crippen LogP contribution in [-0.4, -0.2) is 16.6 Å². The van der Waals surface area contributed by atoms with Crippen molar-refractivity contribution in [3.8, 4) is 5.75 Å². The molecule has 0 unspecified atom stereocenters. The number of benzene rings is 1. The number of hydrogen-bond donors (Lipinski definition) is 1. The molecule has 1 saturated carbocycles. The molecule has 1 aromatic carbocycles. The molecule has 4 nitrogen and oxygen atoms in total. The number of nitrogens with zero attached hydrogens (tertiary/aromatic N) is 2. The van der Waals surface area contributed by atoms with Crippen LogP contribution in [0.15, 0.2) is 30.6 Å². The Morgan fingerprint density at radius 2 is 1.90 bits per heavy atom. The van der Waals surface area contributed by atoms with Gasteiger partial charge in [-0.15, -0.1) is 0 Å². The topological polar surface area (TPSA) is 47.0 Å². The monoisotopic (exact) mass is 283 g/mol. The van der Waals surface area contributed by atoms with Crippen molar-refractivity contribution in [3.63, 3.8) is 0 Å². The van der Waals surface area contributed by atoms with Gasteiger partial charge in [0.1, 0.15) is 5.75 Å². The molecule has 1 aromatic heterocycles. The molecule has 110 valence electrons. The molecule has 0 bridgehead atoms. The summed E-state index contributed by atoms with van der Waals surface area (Å²) < 4.78 is 5.97. The van der Waals surface area contributed by atoms with Crippen molar-refractivity contribution >= 4 is 5.95 Å². The van der Waals surface area contributed by atoms with E-state index in [0.29, 0.717) is 12.5 Å². The number of nitrogens with one attached hydrogen (secondary N) is 1. The van der Waals surface area contributed by atoms with Gasteiger partial charge in [-0.1, -0.05) is 12.1 Å². The smallest absolute Gasteiger partial charge is 0.222 e. The molecule has 0 atom stereocenters. The van der Waals surface area contributed by atoms with Crippen LogP contribution in [0.2, 0.25) is 0 Å². The summed E-state index contributed by atoms with van der Waals surface area (Å²) in [6, 6.07) is 6.32. The zero-order valence-electron chi connectivity index (χ0n) is 12.6. The first-order valence-corrected chi connectivity index (χ1v) is 7.45. The van der Waals surface area contributed by atoms with Crippen molar-refractivity contribution < 1.29 is 4.74 Å². The van der Waals surface area contributed by atoms with E-state index in [-0.39, 0.29) is 0 Å². The van der Waals surface area contributed by atoms with E-state index in [1.165, 1.54) is 18.4 Å². The van der Waals surface area contributed by atoms with Gasteiger partial charge < -0.3 is 10.1 Å². The predicted molar refractivity (Wildman–Crippen MR) is 83.5 cm³/mol. The highest BCUT2D eigenvalue weighted by Gasteiger charge is 2.22. The summed E-state index contributed by atoms with van der Waals surface area (Å²) in [7, 11) is 0. The molecule has 1 heterocycles. The lowest BCUT2D eigenvalue weighted by molar-refractivity contribution is 0.297. The SMILES string of the molecule is Cc1cnc(NCc2ccc(C)cc2OCC2CC2)nc1. The van der Waals surface area contributed by atoms with E-state index in [0.717, 1.165) is 29.4 Å². The van der Waals surface area contributed by atoms with Gasteiger partial charge >= 0.3 is 0 Å². The van der Waals surface area contributed by atoms with Crippen LogP contribution < -0.4 is 10.1 Å². The summed E-state index contributed by atoms with van der Waals surface area (Å²) in [5, 5.41) is 3.25. The molecule has 1 fully saturated rings. The fourth-order valence-corrected chi connectivity index (χ4v) is 2.09. The van der Waals surface area contributed by atoms with Crippen LogP contribution in [0.3, 0.4) is 0 Å². The Hall–Kier alpha value is -2.10. The van der Waals surface area contributed by atoms with Gasteiger partial charge in [0, 0.05) is 24.5 Å². The van der Waals surface area contributed by atoms with Crippen LogP contribution in [0.5, 0.6) is 5.75 Å². The third kappa shape index (κ3) is 3.94. The highest BCUT2D eigenvalue weighted by atomic mass is 16.5. The second-order valence-electron chi connectivity index (χ2n) is 5.80. The molecular formula is C17H21N3O. The minimum absolute atomic E-state index is 0.648. The summed E-state index contributed by atoms with van der Waals surface area (Å²) in [5.41, 5.74) is 3.42. The van der Waals surface area contributed by atoms with Crippen molar-refractivity contribution in [2.75, 3.05) is 11.9 Å². The molecule has 0 saturated heterocycles. The summed E-state index contributed by atoms with van der Waals surface area (Å²) in [4.78, 5) is 8.52. The fraction of sp³-hybridized carbons (Fsp3) is 0.412. The van der Waals surface area contributed by atoms with Gasteiger partial charge in [0.05, 0.1) is 6.61 Å². The molecule has 0 aliphatic heterocycles. The average Bonchev–Trinajstić information content (AvgIpc) is 3.30. The first kappa shape index (κ1) is 13.9. The van der Waals surface area contributed by atoms with Crippen molar-refractivity contribution in [2.24, 2.45) is 5.92 Å². The second kappa shape index (κ2) is 6.12. The summed E-state index contributed by atoms with van der Waals surface area (Å²) in [5.74, 6) is 2.38. The Balaban J connectivity index is 1.66. The minimum Gasteiger partial charge on any atom is -0.493 e. The Morgan fingerprint density at radius 3 is 2.62 bits per heavy atom. The van der Waals surface area contributed by atoms with Gasteiger partial charge in [-0.25, -0.2) is 9.97 Å². The Labute approximate surface area is 125 Å². The van der Waals surface area contributed by atoms with E-state index in [1.807, 2.05) is 19.3 Å². The molecule has 0 amide bonds. The van der Waals surface area contributed by atoms with Crippen molar-refractivity contribution in [1.29, 1.82) is 0 Å². The lowest BCUT2D eigenvalue weighted by Gasteiger charge is -2.13. The first-order chi connectivity index (χ1) is 10.2. The number of ether oxygens (including phenoxy) is 1. The minimum atomic E-state index is 0.648. The van der Waals surface area contributed by atoms with Crippen molar-refractivity contribution in [3.05, 3.63) is 47.3 Å². The third-order valence-electron chi connectivity index (χ3n) is 3.61. The highest BCUT2D eigenvalue weighted by Crippen LogP contribution is 2.30. The van der Waals surface area contributed by atoms with Crippen LogP contribution in [0.4, 0.5) is 5.95 Å². The Kier molecular flexibility index (Phi) is 4.04. The average molecular weight is 283 g/mol. The van der Waals surface area contributed by atoms with Crippen LogP contribution in [0.25, 0.3) is 0 Å². The molecule has 21 heavy (non-hydrogen) atoms. The second-order valence-corrected chi connectivity index (χ2v) is 5.80. The maximum Gasteiger partial charge on any atom is 0.222 e. The van der Waals surface area contributed by atoms with Crippen LogP contribution in [0, 0.1) is 19.8 Å². The molecule has 4 heteroatoms. The largest absolute Gasteiger partial charge is 0.493 e. The first-order valence-electron chi connectivity index (χ1n) is 7.45. The van der Waals surface area contributed by atoms with E-state index in [1.54, 1.807) is 0 Å². The summed E-state index contributed by atoms with van der Waals surface area (Å²) in [6.07, 6.45) is 6.23. The normalized spacial score (nSPS) is 14.0. The maximum absolute atomic E-state index is 5.97. The molecule has 1 aliphatic carbocycles. The summed E-state index contributed by atoms with van der Waals surface area (Å²) in [6.45, 7) is 5.57. The zero-order chi connectivity index (χ0) is 14.7. The van der Waals surface area contributed by atoms with Gasteiger partial charge in [0.2, 0.25) is 5.95 Å². The van der Waals surface area contributed by atoms with Crippen LogP contribution in [0.1, 0.15) is 29.5 Å². The van der Waals surface area contributed by atoms with Gasteiger partial charge in [-0.3, -0.25) is 0 Å². The zero-order valence-corrected chi connectivity index (χ0v) is 12.6. The van der Waals surface area contributed by atoms with E-state index in [4.69, 9.17) is 4.74 Å². The third-order valence-corrected chi connectivity index (χ3v) is 3.61. The Morgan fingerprint density at radius 1 is 1.14 bits per heavy atom. The lowest BCUT2D eigenvalue weighted by atomic mass is 10.1.